The van der Waals surface area contributed by atoms with Gasteiger partial charge in [0.05, 0.1) is 0 Å². The van der Waals surface area contributed by atoms with Crippen molar-refractivity contribution in [1.29, 1.82) is 0 Å². The second kappa shape index (κ2) is 7.58. The first-order valence-corrected chi connectivity index (χ1v) is 7.75. The summed E-state index contributed by atoms with van der Waals surface area (Å²) >= 11 is 0. The van der Waals surface area contributed by atoms with E-state index in [2.05, 4.69) is 5.32 Å². The van der Waals surface area contributed by atoms with Gasteiger partial charge in [0.1, 0.15) is 11.9 Å². The van der Waals surface area contributed by atoms with Crippen molar-refractivity contribution in [2.24, 2.45) is 0 Å². The standard InChI is InChI=1S/C18H25NO3/c1-12(2)19-18(13(3)21)22-17-9-8-14(10-11-20)15-6-4-5-7-16(15)17/h4-9,12-13,18-21H,10-11H2,1-3H3. The zero-order chi connectivity index (χ0) is 16.1. The number of fused-ring (bicyclic) bond motifs is 1. The minimum Gasteiger partial charge on any atom is -0.472 e. The Labute approximate surface area is 131 Å². The van der Waals surface area contributed by atoms with E-state index < -0.39 is 12.3 Å². The minimum atomic E-state index is -0.627. The monoisotopic (exact) mass is 303 g/mol. The topological polar surface area (TPSA) is 61.7 Å². The summed E-state index contributed by atoms with van der Waals surface area (Å²) in [4.78, 5) is 0. The van der Waals surface area contributed by atoms with Gasteiger partial charge in [-0.05, 0) is 44.2 Å². The van der Waals surface area contributed by atoms with Gasteiger partial charge in [-0.25, -0.2) is 0 Å². The van der Waals surface area contributed by atoms with Crippen molar-refractivity contribution in [3.05, 3.63) is 42.0 Å². The zero-order valence-electron chi connectivity index (χ0n) is 13.4. The van der Waals surface area contributed by atoms with Crippen molar-refractivity contribution in [3.63, 3.8) is 0 Å². The molecule has 0 saturated heterocycles. The number of rotatable bonds is 7. The molecule has 2 rings (SSSR count). The normalized spacial score (nSPS) is 14.3. The highest BCUT2D eigenvalue weighted by molar-refractivity contribution is 5.91. The van der Waals surface area contributed by atoms with Gasteiger partial charge >= 0.3 is 0 Å². The number of aliphatic hydroxyl groups excluding tert-OH is 2. The van der Waals surface area contributed by atoms with Crippen LogP contribution in [0.3, 0.4) is 0 Å². The summed E-state index contributed by atoms with van der Waals surface area (Å²) in [6, 6.07) is 12.1. The second-order valence-corrected chi connectivity index (χ2v) is 5.84. The van der Waals surface area contributed by atoms with Gasteiger partial charge in [-0.2, -0.15) is 0 Å². The third-order valence-electron chi connectivity index (χ3n) is 3.55. The van der Waals surface area contributed by atoms with E-state index in [0.717, 1.165) is 22.1 Å². The minimum absolute atomic E-state index is 0.120. The van der Waals surface area contributed by atoms with E-state index in [1.54, 1.807) is 6.92 Å². The van der Waals surface area contributed by atoms with Gasteiger partial charge in [0.15, 0.2) is 6.23 Å². The lowest BCUT2D eigenvalue weighted by Gasteiger charge is -2.26. The lowest BCUT2D eigenvalue weighted by Crippen LogP contribution is -2.46. The molecule has 2 atom stereocenters. The summed E-state index contributed by atoms with van der Waals surface area (Å²) in [6.45, 7) is 5.86. The quantitative estimate of drug-likeness (QED) is 0.688. The molecular weight excluding hydrogens is 278 g/mol. The fourth-order valence-electron chi connectivity index (χ4n) is 2.51. The molecule has 0 spiro atoms. The summed E-state index contributed by atoms with van der Waals surface area (Å²) in [5.41, 5.74) is 1.09. The van der Waals surface area contributed by atoms with Crippen LogP contribution in [0.1, 0.15) is 26.3 Å². The molecule has 4 nitrogen and oxygen atoms in total. The van der Waals surface area contributed by atoms with Gasteiger partial charge in [-0.15, -0.1) is 0 Å². The van der Waals surface area contributed by atoms with E-state index >= 15 is 0 Å². The van der Waals surface area contributed by atoms with Crippen molar-refractivity contribution in [2.45, 2.75) is 45.6 Å². The molecule has 2 unspecified atom stereocenters. The van der Waals surface area contributed by atoms with E-state index in [9.17, 15) is 10.2 Å². The first kappa shape index (κ1) is 16.7. The Bertz CT molecular complexity index is 610. The largest absolute Gasteiger partial charge is 0.472 e. The Kier molecular flexibility index (Phi) is 5.77. The highest BCUT2D eigenvalue weighted by Crippen LogP contribution is 2.29. The number of ether oxygens (including phenoxy) is 1. The van der Waals surface area contributed by atoms with Crippen molar-refractivity contribution in [1.82, 2.24) is 5.32 Å². The molecule has 120 valence electrons. The van der Waals surface area contributed by atoms with Crippen molar-refractivity contribution < 1.29 is 14.9 Å². The van der Waals surface area contributed by atoms with Crippen LogP contribution in [0.15, 0.2) is 36.4 Å². The predicted octanol–water partition coefficient (Wildman–Crippen LogP) is 2.46. The number of nitrogens with one attached hydrogen (secondary N) is 1. The molecule has 0 fully saturated rings. The van der Waals surface area contributed by atoms with Crippen LogP contribution in [0.5, 0.6) is 5.75 Å². The molecule has 0 amide bonds. The lowest BCUT2D eigenvalue weighted by molar-refractivity contribution is 0.0228. The highest BCUT2D eigenvalue weighted by Gasteiger charge is 2.19. The molecule has 0 aliphatic carbocycles. The van der Waals surface area contributed by atoms with Crippen LogP contribution in [0.2, 0.25) is 0 Å². The summed E-state index contributed by atoms with van der Waals surface area (Å²) in [5.74, 6) is 0.733. The Balaban J connectivity index is 2.37. The number of benzene rings is 2. The van der Waals surface area contributed by atoms with E-state index in [4.69, 9.17) is 4.74 Å². The maximum Gasteiger partial charge on any atom is 0.176 e. The van der Waals surface area contributed by atoms with E-state index in [1.807, 2.05) is 50.2 Å². The van der Waals surface area contributed by atoms with E-state index in [0.29, 0.717) is 6.42 Å². The lowest BCUT2D eigenvalue weighted by atomic mass is 10.0. The van der Waals surface area contributed by atoms with Crippen molar-refractivity contribution in [3.8, 4) is 5.75 Å². The maximum absolute atomic E-state index is 9.91. The number of hydrogen-bond acceptors (Lipinski definition) is 4. The van der Waals surface area contributed by atoms with Crippen LogP contribution < -0.4 is 10.1 Å². The first-order chi connectivity index (χ1) is 10.5. The molecule has 0 aliphatic heterocycles. The summed E-state index contributed by atoms with van der Waals surface area (Å²) in [7, 11) is 0. The third-order valence-corrected chi connectivity index (χ3v) is 3.55. The highest BCUT2D eigenvalue weighted by atomic mass is 16.5. The summed E-state index contributed by atoms with van der Waals surface area (Å²) in [6.07, 6.45) is -0.476. The predicted molar refractivity (Wildman–Crippen MR) is 89.1 cm³/mol. The molecule has 0 saturated carbocycles. The molecule has 0 heterocycles. The molecule has 0 radical (unpaired) electrons. The fraction of sp³-hybridized carbons (Fsp3) is 0.444. The molecule has 2 aromatic rings. The van der Waals surface area contributed by atoms with Crippen LogP contribution in [-0.4, -0.2) is 35.2 Å². The van der Waals surface area contributed by atoms with Gasteiger partial charge in [0.2, 0.25) is 0 Å². The van der Waals surface area contributed by atoms with Gasteiger partial charge < -0.3 is 14.9 Å². The van der Waals surface area contributed by atoms with E-state index in [1.165, 1.54) is 0 Å². The average Bonchev–Trinajstić information content (AvgIpc) is 2.48. The van der Waals surface area contributed by atoms with Crippen LogP contribution in [0, 0.1) is 0 Å². The number of aliphatic hydroxyl groups is 2. The van der Waals surface area contributed by atoms with Crippen LogP contribution in [0.25, 0.3) is 10.8 Å². The SMILES string of the molecule is CC(C)NC(Oc1ccc(CCO)c2ccccc12)C(C)O. The molecule has 0 aliphatic rings. The van der Waals surface area contributed by atoms with Crippen LogP contribution in [-0.2, 0) is 6.42 Å². The first-order valence-electron chi connectivity index (χ1n) is 7.75. The molecule has 0 bridgehead atoms. The summed E-state index contributed by atoms with van der Waals surface area (Å²) < 4.78 is 6.01. The second-order valence-electron chi connectivity index (χ2n) is 5.84. The van der Waals surface area contributed by atoms with Crippen LogP contribution >= 0.6 is 0 Å². The molecule has 4 heteroatoms. The smallest absolute Gasteiger partial charge is 0.176 e. The molecule has 22 heavy (non-hydrogen) atoms. The van der Waals surface area contributed by atoms with Crippen molar-refractivity contribution in [2.75, 3.05) is 6.61 Å². The Morgan fingerprint density at radius 3 is 2.32 bits per heavy atom. The maximum atomic E-state index is 9.91. The number of hydrogen-bond donors (Lipinski definition) is 3. The molecule has 0 aromatic heterocycles. The Morgan fingerprint density at radius 1 is 1.05 bits per heavy atom. The summed E-state index contributed by atoms with van der Waals surface area (Å²) in [5, 5.41) is 24.4. The van der Waals surface area contributed by atoms with Crippen LogP contribution in [0.4, 0.5) is 0 Å². The zero-order valence-corrected chi connectivity index (χ0v) is 13.4. The fourth-order valence-corrected chi connectivity index (χ4v) is 2.51. The Hall–Kier alpha value is -1.62. The van der Waals surface area contributed by atoms with Gasteiger partial charge in [0, 0.05) is 18.0 Å². The molecule has 2 aromatic carbocycles. The Morgan fingerprint density at radius 2 is 1.73 bits per heavy atom. The van der Waals surface area contributed by atoms with Gasteiger partial charge in [-0.1, -0.05) is 30.3 Å². The van der Waals surface area contributed by atoms with Crippen molar-refractivity contribution >= 4 is 10.8 Å². The third kappa shape index (κ3) is 3.97. The van der Waals surface area contributed by atoms with Gasteiger partial charge in [0.25, 0.3) is 0 Å². The molecule has 3 N–H and O–H groups in total. The molecular formula is C18H25NO3. The van der Waals surface area contributed by atoms with E-state index in [-0.39, 0.29) is 12.6 Å². The van der Waals surface area contributed by atoms with Gasteiger partial charge in [-0.3, -0.25) is 5.32 Å². The average molecular weight is 303 g/mol.